The lowest BCUT2D eigenvalue weighted by Crippen LogP contribution is -2.32. The first-order chi connectivity index (χ1) is 11.7. The number of alkyl carbamates (subject to hydrolysis) is 1. The van der Waals surface area contributed by atoms with Gasteiger partial charge < -0.3 is 25.3 Å². The van der Waals surface area contributed by atoms with Crippen molar-refractivity contribution >= 4 is 41.1 Å². The lowest BCUT2D eigenvalue weighted by Gasteiger charge is -2.19. The first-order valence-corrected chi connectivity index (χ1v) is 8.39. The number of nitrogens with zero attached hydrogens (tertiary/aromatic N) is 1. The highest BCUT2D eigenvalue weighted by atomic mass is 32.2. The van der Waals surface area contributed by atoms with Gasteiger partial charge in [0, 0.05) is 12.2 Å². The molecular formula is C16H21N3O5S. The molecule has 0 aromatic heterocycles. The van der Waals surface area contributed by atoms with Crippen LogP contribution in [0.15, 0.2) is 29.3 Å². The average Bonchev–Trinajstić information content (AvgIpc) is 2.49. The van der Waals surface area contributed by atoms with Gasteiger partial charge in [-0.1, -0.05) is 23.9 Å². The molecule has 1 aromatic rings. The minimum Gasteiger partial charge on any atom is -0.463 e. The van der Waals surface area contributed by atoms with Crippen LogP contribution >= 0.6 is 11.8 Å². The molecule has 0 bridgehead atoms. The van der Waals surface area contributed by atoms with Crippen molar-refractivity contribution in [2.45, 2.75) is 32.9 Å². The number of aliphatic imine (C=N–C) groups is 1. The minimum atomic E-state index is -1.36. The van der Waals surface area contributed by atoms with Crippen LogP contribution < -0.4 is 10.6 Å². The number of carboxylic acid groups (broad SMARTS) is 1. The summed E-state index contributed by atoms with van der Waals surface area (Å²) >= 11 is 0.975. The molecule has 0 fully saturated rings. The third-order valence-electron chi connectivity index (χ3n) is 2.50. The molecule has 0 saturated carbocycles. The van der Waals surface area contributed by atoms with Crippen LogP contribution in [0.25, 0.3) is 0 Å². The molecule has 0 unspecified atom stereocenters. The smallest absolute Gasteiger partial charge is 0.433 e. The van der Waals surface area contributed by atoms with Gasteiger partial charge >= 0.3 is 12.2 Å². The van der Waals surface area contributed by atoms with Crippen molar-refractivity contribution in [2.24, 2.45) is 4.99 Å². The van der Waals surface area contributed by atoms with E-state index in [2.05, 4.69) is 15.6 Å². The van der Waals surface area contributed by atoms with Gasteiger partial charge in [-0.25, -0.2) is 9.59 Å². The fourth-order valence-corrected chi connectivity index (χ4v) is 2.23. The first-order valence-electron chi connectivity index (χ1n) is 7.40. The van der Waals surface area contributed by atoms with Gasteiger partial charge in [0.25, 0.3) is 0 Å². The van der Waals surface area contributed by atoms with Crippen LogP contribution in [0.5, 0.6) is 0 Å². The molecule has 0 aliphatic rings. The van der Waals surface area contributed by atoms with Crippen LogP contribution in [0, 0.1) is 0 Å². The van der Waals surface area contributed by atoms with E-state index in [4.69, 9.17) is 9.84 Å². The Bertz CT molecular complexity index is 655. The molecule has 2 amide bonds. The molecule has 3 N–H and O–H groups in total. The summed E-state index contributed by atoms with van der Waals surface area (Å²) in [5, 5.41) is 14.3. The molecule has 8 nitrogen and oxygen atoms in total. The predicted molar refractivity (Wildman–Crippen MR) is 97.1 cm³/mol. The second kappa shape index (κ2) is 9.67. The topological polar surface area (TPSA) is 117 Å². The van der Waals surface area contributed by atoms with Gasteiger partial charge in [0.05, 0.1) is 5.75 Å². The van der Waals surface area contributed by atoms with E-state index < -0.39 is 17.8 Å². The zero-order chi connectivity index (χ0) is 18.9. The number of nitrogens with one attached hydrogen (secondary N) is 2. The van der Waals surface area contributed by atoms with E-state index in [-0.39, 0.29) is 17.5 Å². The lowest BCUT2D eigenvalue weighted by molar-refractivity contribution is -0.105. The minimum absolute atomic E-state index is 0.0823. The number of benzene rings is 1. The number of carbonyl (C=O) groups excluding carboxylic acids is 2. The molecule has 0 heterocycles. The van der Waals surface area contributed by atoms with E-state index in [1.807, 2.05) is 0 Å². The van der Waals surface area contributed by atoms with Crippen LogP contribution in [-0.4, -0.2) is 40.1 Å². The van der Waals surface area contributed by atoms with Crippen molar-refractivity contribution in [1.82, 2.24) is 5.32 Å². The number of carbonyl (C=O) groups is 3. The Morgan fingerprint density at radius 1 is 1.36 bits per heavy atom. The predicted octanol–water partition coefficient (Wildman–Crippen LogP) is 3.09. The van der Waals surface area contributed by atoms with E-state index in [0.29, 0.717) is 12.0 Å². The Hall–Kier alpha value is -2.55. The summed E-state index contributed by atoms with van der Waals surface area (Å²) in [6.45, 7) is 5.57. The standard InChI is InChI=1S/C16H21N3O5S/c1-16(2,3)24-15(23)17-10-11-5-4-6-12(9-11)18-13(19-14(21)22)25-8-7-20/h4-7,9H,8,10H2,1-3H3,(H,17,23)(H,18,19)(H,21,22). The molecular weight excluding hydrogens is 346 g/mol. The monoisotopic (exact) mass is 367 g/mol. The van der Waals surface area contributed by atoms with Crippen molar-refractivity contribution in [3.05, 3.63) is 29.8 Å². The fraction of sp³-hybridized carbons (Fsp3) is 0.375. The molecule has 0 spiro atoms. The van der Waals surface area contributed by atoms with Crippen LogP contribution in [0.2, 0.25) is 0 Å². The number of amides is 2. The maximum Gasteiger partial charge on any atom is 0.433 e. The Labute approximate surface area is 150 Å². The Morgan fingerprint density at radius 2 is 2.08 bits per heavy atom. The average molecular weight is 367 g/mol. The second-order valence-corrected chi connectivity index (χ2v) is 6.87. The second-order valence-electron chi connectivity index (χ2n) is 5.86. The van der Waals surface area contributed by atoms with Crippen molar-refractivity contribution in [3.63, 3.8) is 0 Å². The van der Waals surface area contributed by atoms with E-state index in [1.165, 1.54) is 0 Å². The van der Waals surface area contributed by atoms with Gasteiger partial charge in [-0.2, -0.15) is 4.99 Å². The van der Waals surface area contributed by atoms with E-state index >= 15 is 0 Å². The van der Waals surface area contributed by atoms with Gasteiger partial charge in [0.1, 0.15) is 11.9 Å². The number of thioether (sulfide) groups is 1. The number of amidine groups is 1. The summed E-state index contributed by atoms with van der Waals surface area (Å²) in [5.41, 5.74) is 0.790. The number of aldehydes is 1. The molecule has 1 rings (SSSR count). The van der Waals surface area contributed by atoms with Crippen LogP contribution in [0.1, 0.15) is 26.3 Å². The third-order valence-corrected chi connectivity index (χ3v) is 3.27. The van der Waals surface area contributed by atoms with Crippen LogP contribution in [0.4, 0.5) is 15.3 Å². The quantitative estimate of drug-likeness (QED) is 0.416. The number of anilines is 1. The highest BCUT2D eigenvalue weighted by Crippen LogP contribution is 2.14. The van der Waals surface area contributed by atoms with Gasteiger partial charge in [-0.3, -0.25) is 0 Å². The van der Waals surface area contributed by atoms with Crippen LogP contribution in [-0.2, 0) is 16.1 Å². The summed E-state index contributed by atoms with van der Waals surface area (Å²) in [5.74, 6) is 0.0823. The van der Waals surface area contributed by atoms with Crippen molar-refractivity contribution in [1.29, 1.82) is 0 Å². The molecule has 0 aliphatic heterocycles. The van der Waals surface area contributed by atoms with Crippen molar-refractivity contribution in [3.8, 4) is 0 Å². The lowest BCUT2D eigenvalue weighted by atomic mass is 10.2. The Morgan fingerprint density at radius 3 is 2.68 bits per heavy atom. The SMILES string of the molecule is CC(C)(C)OC(=O)NCc1cccc(N/C(=N\C(=O)O)SCC=O)c1. The molecule has 0 atom stereocenters. The van der Waals surface area contributed by atoms with Gasteiger partial charge in [0.2, 0.25) is 0 Å². The normalized spacial score (nSPS) is 11.6. The van der Waals surface area contributed by atoms with Gasteiger partial charge in [-0.15, -0.1) is 0 Å². The largest absolute Gasteiger partial charge is 0.463 e. The maximum atomic E-state index is 11.7. The summed E-state index contributed by atoms with van der Waals surface area (Å²) in [4.78, 5) is 36.2. The zero-order valence-electron chi connectivity index (χ0n) is 14.2. The first kappa shape index (κ1) is 20.5. The van der Waals surface area contributed by atoms with Crippen molar-refractivity contribution < 1.29 is 24.2 Å². The molecule has 0 saturated heterocycles. The maximum absolute atomic E-state index is 11.7. The fourth-order valence-electron chi connectivity index (χ4n) is 1.67. The third kappa shape index (κ3) is 9.36. The number of hydrogen-bond donors (Lipinski definition) is 3. The Kier molecular flexibility index (Phi) is 7.93. The molecule has 25 heavy (non-hydrogen) atoms. The highest BCUT2D eigenvalue weighted by Gasteiger charge is 2.15. The van der Waals surface area contributed by atoms with E-state index in [1.54, 1.807) is 45.0 Å². The zero-order valence-corrected chi connectivity index (χ0v) is 15.1. The summed E-state index contributed by atoms with van der Waals surface area (Å²) in [6, 6.07) is 7.00. The van der Waals surface area contributed by atoms with E-state index in [0.717, 1.165) is 17.3 Å². The summed E-state index contributed by atoms with van der Waals surface area (Å²) < 4.78 is 5.16. The Balaban J connectivity index is 2.71. The summed E-state index contributed by atoms with van der Waals surface area (Å²) in [6.07, 6.45) is -1.23. The number of rotatable bonds is 5. The molecule has 136 valence electrons. The van der Waals surface area contributed by atoms with Crippen LogP contribution in [0.3, 0.4) is 0 Å². The molecule has 0 radical (unpaired) electrons. The molecule has 9 heteroatoms. The molecule has 1 aromatic carbocycles. The van der Waals surface area contributed by atoms with E-state index in [9.17, 15) is 14.4 Å². The highest BCUT2D eigenvalue weighted by molar-refractivity contribution is 8.14. The number of ether oxygens (including phenoxy) is 1. The van der Waals surface area contributed by atoms with Crippen molar-refractivity contribution in [2.75, 3.05) is 11.1 Å². The molecule has 0 aliphatic carbocycles. The summed E-state index contributed by atoms with van der Waals surface area (Å²) in [7, 11) is 0. The number of hydrogen-bond acceptors (Lipinski definition) is 5. The van der Waals surface area contributed by atoms with Gasteiger partial charge in [0.15, 0.2) is 5.17 Å². The van der Waals surface area contributed by atoms with Gasteiger partial charge in [-0.05, 0) is 38.5 Å².